The Hall–Kier alpha value is -4.53. The van der Waals surface area contributed by atoms with Gasteiger partial charge in [-0.15, -0.1) is 0 Å². The van der Waals surface area contributed by atoms with Crippen LogP contribution in [0.3, 0.4) is 0 Å². The molecule has 0 saturated carbocycles. The molecule has 0 bridgehead atoms. The molecule has 0 radical (unpaired) electrons. The number of aromatic amines is 2. The molecule has 0 unspecified atom stereocenters. The number of nitrogens with one attached hydrogen (secondary N) is 4. The summed E-state index contributed by atoms with van der Waals surface area (Å²) in [5, 5.41) is 8.83. The number of aryl methyl sites for hydroxylation is 1. The highest BCUT2D eigenvalue weighted by atomic mass is 16.5. The van der Waals surface area contributed by atoms with Crippen molar-refractivity contribution in [1.82, 2.24) is 24.8 Å². The van der Waals surface area contributed by atoms with E-state index in [0.29, 0.717) is 24.0 Å². The van der Waals surface area contributed by atoms with Crippen molar-refractivity contribution in [3.63, 3.8) is 0 Å². The molecule has 36 heavy (non-hydrogen) atoms. The van der Waals surface area contributed by atoms with E-state index in [4.69, 9.17) is 4.74 Å². The number of nitrogens with zero attached hydrogens (tertiary/aromatic N) is 3. The first-order chi connectivity index (χ1) is 17.4. The molecule has 3 aromatic heterocycles. The number of hydrogen-bond donors (Lipinski definition) is 4. The molecule has 0 atom stereocenters. The molecule has 9 nitrogen and oxygen atoms in total. The second-order valence-electron chi connectivity index (χ2n) is 8.94. The fraction of sp³-hybridized carbons (Fsp3) is 0.222. The lowest BCUT2D eigenvalue weighted by Gasteiger charge is -2.14. The first kappa shape index (κ1) is 23.2. The summed E-state index contributed by atoms with van der Waals surface area (Å²) in [7, 11) is 5.08. The first-order valence-corrected chi connectivity index (χ1v) is 11.7. The third kappa shape index (κ3) is 4.81. The van der Waals surface area contributed by atoms with Crippen LogP contribution in [-0.2, 0) is 6.42 Å². The van der Waals surface area contributed by atoms with Gasteiger partial charge in [-0.2, -0.15) is 4.98 Å². The van der Waals surface area contributed by atoms with Gasteiger partial charge in [0.2, 0.25) is 5.95 Å². The number of carbonyl (C=O) groups excluding carboxylic acids is 1. The van der Waals surface area contributed by atoms with E-state index in [9.17, 15) is 4.79 Å². The van der Waals surface area contributed by atoms with Gasteiger partial charge in [0.25, 0.3) is 5.91 Å². The molecule has 184 valence electrons. The van der Waals surface area contributed by atoms with Crippen molar-refractivity contribution in [2.75, 3.05) is 38.4 Å². The lowest BCUT2D eigenvalue weighted by atomic mass is 10.1. The highest BCUT2D eigenvalue weighted by Gasteiger charge is 2.14. The molecule has 0 spiro atoms. The number of ether oxygens (including phenoxy) is 1. The zero-order valence-corrected chi connectivity index (χ0v) is 20.8. The van der Waals surface area contributed by atoms with Gasteiger partial charge >= 0.3 is 0 Å². The van der Waals surface area contributed by atoms with Crippen LogP contribution in [0, 0.1) is 6.92 Å². The number of carbonyl (C=O) groups is 1. The monoisotopic (exact) mass is 483 g/mol. The van der Waals surface area contributed by atoms with E-state index in [1.807, 2.05) is 49.5 Å². The minimum absolute atomic E-state index is 0.191. The highest BCUT2D eigenvalue weighted by molar-refractivity contribution is 5.93. The Morgan fingerprint density at radius 3 is 2.69 bits per heavy atom. The van der Waals surface area contributed by atoms with Crippen molar-refractivity contribution in [2.24, 2.45) is 0 Å². The van der Waals surface area contributed by atoms with Gasteiger partial charge in [-0.1, -0.05) is 0 Å². The van der Waals surface area contributed by atoms with Gasteiger partial charge < -0.3 is 30.2 Å². The van der Waals surface area contributed by atoms with E-state index in [1.54, 1.807) is 27.3 Å². The molecular weight excluding hydrogens is 454 g/mol. The fourth-order valence-electron chi connectivity index (χ4n) is 4.23. The van der Waals surface area contributed by atoms with E-state index in [1.165, 1.54) is 4.90 Å². The number of H-pyrrole nitrogens is 2. The number of amides is 1. The number of methoxy groups -OCH3 is 1. The summed E-state index contributed by atoms with van der Waals surface area (Å²) in [5.74, 6) is 1.56. The Bertz CT molecular complexity index is 1550. The molecule has 0 aliphatic carbocycles. The molecule has 1 amide bonds. The SMILES string of the molecule is COc1ccc2[nH]cc(CCNc3nc(Nc4ccc5[nH]c(C)cc5c4)cc(C(=O)N(C)C)n3)c2c1. The first-order valence-electron chi connectivity index (χ1n) is 11.7. The number of fused-ring (bicyclic) bond motifs is 2. The molecule has 9 heteroatoms. The third-order valence-electron chi connectivity index (χ3n) is 6.03. The van der Waals surface area contributed by atoms with Crippen LogP contribution in [-0.4, -0.2) is 58.5 Å². The van der Waals surface area contributed by atoms with Crippen LogP contribution in [0.5, 0.6) is 5.75 Å². The Balaban J connectivity index is 1.37. The minimum atomic E-state index is -0.191. The maximum atomic E-state index is 12.7. The fourth-order valence-corrected chi connectivity index (χ4v) is 4.23. The molecule has 5 aromatic rings. The number of aromatic nitrogens is 4. The highest BCUT2D eigenvalue weighted by Crippen LogP contribution is 2.25. The summed E-state index contributed by atoms with van der Waals surface area (Å²) in [6.45, 7) is 2.62. The Kier molecular flexibility index (Phi) is 6.20. The van der Waals surface area contributed by atoms with Crippen molar-refractivity contribution in [2.45, 2.75) is 13.3 Å². The predicted molar refractivity (Wildman–Crippen MR) is 143 cm³/mol. The maximum Gasteiger partial charge on any atom is 0.272 e. The van der Waals surface area contributed by atoms with Crippen LogP contribution in [0.4, 0.5) is 17.5 Å². The lowest BCUT2D eigenvalue weighted by Crippen LogP contribution is -2.23. The molecule has 5 rings (SSSR count). The van der Waals surface area contributed by atoms with E-state index < -0.39 is 0 Å². The van der Waals surface area contributed by atoms with Crippen molar-refractivity contribution >= 4 is 45.2 Å². The van der Waals surface area contributed by atoms with Gasteiger partial charge in [-0.25, -0.2) is 4.98 Å². The van der Waals surface area contributed by atoms with Crippen molar-refractivity contribution in [3.8, 4) is 5.75 Å². The van der Waals surface area contributed by atoms with Crippen LogP contribution >= 0.6 is 0 Å². The van der Waals surface area contributed by atoms with Crippen LogP contribution in [0.15, 0.2) is 54.7 Å². The molecule has 0 fully saturated rings. The molecule has 3 heterocycles. The average molecular weight is 484 g/mol. The third-order valence-corrected chi connectivity index (χ3v) is 6.03. The quantitative estimate of drug-likeness (QED) is 0.251. The summed E-state index contributed by atoms with van der Waals surface area (Å²) in [4.78, 5) is 29.9. The largest absolute Gasteiger partial charge is 0.497 e. The van der Waals surface area contributed by atoms with Crippen molar-refractivity contribution in [3.05, 3.63) is 71.7 Å². The molecule has 2 aromatic carbocycles. The maximum absolute atomic E-state index is 12.7. The second kappa shape index (κ2) is 9.61. The van der Waals surface area contributed by atoms with Gasteiger partial charge in [-0.3, -0.25) is 4.79 Å². The van der Waals surface area contributed by atoms with Crippen LogP contribution in [0.1, 0.15) is 21.7 Å². The van der Waals surface area contributed by atoms with E-state index in [-0.39, 0.29) is 5.91 Å². The number of hydrogen-bond acceptors (Lipinski definition) is 6. The van der Waals surface area contributed by atoms with E-state index >= 15 is 0 Å². The smallest absolute Gasteiger partial charge is 0.272 e. The zero-order chi connectivity index (χ0) is 25.2. The molecule has 4 N–H and O–H groups in total. The van der Waals surface area contributed by atoms with Crippen molar-refractivity contribution < 1.29 is 9.53 Å². The summed E-state index contributed by atoms with van der Waals surface area (Å²) >= 11 is 0. The van der Waals surface area contributed by atoms with Gasteiger partial charge in [0, 0.05) is 66.1 Å². The summed E-state index contributed by atoms with van der Waals surface area (Å²) in [6.07, 6.45) is 2.75. The van der Waals surface area contributed by atoms with Crippen LogP contribution < -0.4 is 15.4 Å². The summed E-state index contributed by atoms with van der Waals surface area (Å²) in [5.41, 5.74) is 5.58. The topological polar surface area (TPSA) is 111 Å². The number of anilines is 3. The number of benzene rings is 2. The average Bonchev–Trinajstić information content (AvgIpc) is 3.44. The summed E-state index contributed by atoms with van der Waals surface area (Å²) < 4.78 is 5.37. The standard InChI is InChI=1S/C27H29N7O2/c1-16-11-18-12-19(5-7-22(18)30-16)31-25-14-24(26(35)34(2)3)32-27(33-25)28-10-9-17-15-29-23-8-6-20(36-4)13-21(17)23/h5-8,11-15,29-30H,9-10H2,1-4H3,(H2,28,31,32,33). The molecule has 0 aliphatic heterocycles. The van der Waals surface area contributed by atoms with E-state index in [2.05, 4.69) is 36.6 Å². The predicted octanol–water partition coefficient (Wildman–Crippen LogP) is 4.86. The lowest BCUT2D eigenvalue weighted by molar-refractivity contribution is 0.0822. The van der Waals surface area contributed by atoms with Gasteiger partial charge in [-0.05, 0) is 61.4 Å². The zero-order valence-electron chi connectivity index (χ0n) is 20.8. The number of rotatable bonds is 8. The molecule has 0 saturated heterocycles. The Labute approximate surface area is 208 Å². The van der Waals surface area contributed by atoms with E-state index in [0.717, 1.165) is 50.9 Å². The minimum Gasteiger partial charge on any atom is -0.497 e. The van der Waals surface area contributed by atoms with Crippen LogP contribution in [0.2, 0.25) is 0 Å². The Morgan fingerprint density at radius 1 is 1.06 bits per heavy atom. The van der Waals surface area contributed by atoms with Gasteiger partial charge in [0.1, 0.15) is 17.3 Å². The summed E-state index contributed by atoms with van der Waals surface area (Å²) in [6, 6.07) is 15.8. The molecular formula is C27H29N7O2. The normalized spacial score (nSPS) is 11.1. The van der Waals surface area contributed by atoms with Crippen molar-refractivity contribution in [1.29, 1.82) is 0 Å². The van der Waals surface area contributed by atoms with Crippen LogP contribution in [0.25, 0.3) is 21.8 Å². The molecule has 0 aliphatic rings. The van der Waals surface area contributed by atoms with Gasteiger partial charge in [0.15, 0.2) is 0 Å². The second-order valence-corrected chi connectivity index (χ2v) is 8.94. The van der Waals surface area contributed by atoms with Gasteiger partial charge in [0.05, 0.1) is 7.11 Å². The Morgan fingerprint density at radius 2 is 1.89 bits per heavy atom.